The van der Waals surface area contributed by atoms with E-state index < -0.39 is 0 Å². The molecule has 0 atom stereocenters. The van der Waals surface area contributed by atoms with Gasteiger partial charge in [-0.3, -0.25) is 9.78 Å². The lowest BCUT2D eigenvalue weighted by atomic mass is 10.1. The first kappa shape index (κ1) is 12.9. The predicted molar refractivity (Wildman–Crippen MR) is 76.0 cm³/mol. The zero-order valence-electron chi connectivity index (χ0n) is 10.7. The Morgan fingerprint density at radius 2 is 2.05 bits per heavy atom. The number of benzene rings is 1. The summed E-state index contributed by atoms with van der Waals surface area (Å²) in [5.41, 5.74) is 0.536. The SMILES string of the molecule is O=C(c1ccccc1Cl)N1CC(Oc2cccnc2)C1. The third kappa shape index (κ3) is 2.60. The summed E-state index contributed by atoms with van der Waals surface area (Å²) in [6.45, 7) is 1.14. The van der Waals surface area contributed by atoms with Gasteiger partial charge in [-0.25, -0.2) is 0 Å². The molecule has 0 radical (unpaired) electrons. The third-order valence-electron chi connectivity index (χ3n) is 3.18. The minimum Gasteiger partial charge on any atom is -0.485 e. The molecule has 20 heavy (non-hydrogen) atoms. The Morgan fingerprint density at radius 3 is 2.75 bits per heavy atom. The molecule has 1 aliphatic rings. The van der Waals surface area contributed by atoms with Crippen molar-refractivity contribution in [3.8, 4) is 5.75 Å². The number of hydrogen-bond acceptors (Lipinski definition) is 3. The van der Waals surface area contributed by atoms with Gasteiger partial charge in [-0.05, 0) is 24.3 Å². The summed E-state index contributed by atoms with van der Waals surface area (Å²) < 4.78 is 5.71. The topological polar surface area (TPSA) is 42.4 Å². The summed E-state index contributed by atoms with van der Waals surface area (Å²) in [6, 6.07) is 10.7. The zero-order chi connectivity index (χ0) is 13.9. The van der Waals surface area contributed by atoms with E-state index in [9.17, 15) is 4.79 Å². The molecule has 1 aliphatic heterocycles. The number of pyridine rings is 1. The van der Waals surface area contributed by atoms with Crippen molar-refractivity contribution in [2.45, 2.75) is 6.10 Å². The molecule has 0 spiro atoms. The standard InChI is InChI=1S/C15H13ClN2O2/c16-14-6-2-1-5-13(14)15(19)18-9-12(10-18)20-11-4-3-7-17-8-11/h1-8,12H,9-10H2. The van der Waals surface area contributed by atoms with E-state index in [0.717, 1.165) is 5.75 Å². The maximum Gasteiger partial charge on any atom is 0.255 e. The predicted octanol–water partition coefficient (Wildman–Crippen LogP) is 2.64. The fourth-order valence-electron chi connectivity index (χ4n) is 2.09. The first-order valence-corrected chi connectivity index (χ1v) is 6.72. The van der Waals surface area contributed by atoms with Crippen LogP contribution in [0.1, 0.15) is 10.4 Å². The molecule has 1 aromatic heterocycles. The van der Waals surface area contributed by atoms with E-state index in [4.69, 9.17) is 16.3 Å². The normalized spacial score (nSPS) is 14.8. The average molecular weight is 289 g/mol. The number of hydrogen-bond donors (Lipinski definition) is 0. The highest BCUT2D eigenvalue weighted by molar-refractivity contribution is 6.33. The van der Waals surface area contributed by atoms with Gasteiger partial charge in [0.05, 0.1) is 29.9 Å². The fraction of sp³-hybridized carbons (Fsp3) is 0.200. The number of ether oxygens (including phenoxy) is 1. The summed E-state index contributed by atoms with van der Waals surface area (Å²) in [5.74, 6) is 0.670. The van der Waals surface area contributed by atoms with Crippen LogP contribution >= 0.6 is 11.6 Å². The number of carbonyl (C=O) groups is 1. The number of rotatable bonds is 3. The molecule has 0 bridgehead atoms. The van der Waals surface area contributed by atoms with Crippen molar-refractivity contribution in [2.75, 3.05) is 13.1 Å². The highest BCUT2D eigenvalue weighted by Crippen LogP contribution is 2.22. The average Bonchev–Trinajstić information content (AvgIpc) is 2.43. The van der Waals surface area contributed by atoms with E-state index in [1.54, 1.807) is 29.4 Å². The molecule has 1 amide bonds. The van der Waals surface area contributed by atoms with Crippen LogP contribution in [-0.4, -0.2) is 35.0 Å². The van der Waals surface area contributed by atoms with Crippen LogP contribution in [0.3, 0.4) is 0 Å². The number of nitrogens with zero attached hydrogens (tertiary/aromatic N) is 2. The third-order valence-corrected chi connectivity index (χ3v) is 3.51. The van der Waals surface area contributed by atoms with Gasteiger partial charge in [0.15, 0.2) is 0 Å². The molecule has 1 saturated heterocycles. The van der Waals surface area contributed by atoms with E-state index in [1.807, 2.05) is 24.3 Å². The van der Waals surface area contributed by atoms with E-state index >= 15 is 0 Å². The molecule has 2 aromatic rings. The molecule has 1 fully saturated rings. The summed E-state index contributed by atoms with van der Waals surface area (Å²) in [6.07, 6.45) is 3.38. The Balaban J connectivity index is 1.58. The molecule has 0 saturated carbocycles. The van der Waals surface area contributed by atoms with Crippen molar-refractivity contribution in [3.05, 3.63) is 59.4 Å². The van der Waals surface area contributed by atoms with E-state index in [-0.39, 0.29) is 12.0 Å². The van der Waals surface area contributed by atoms with Crippen LogP contribution in [0, 0.1) is 0 Å². The molecule has 2 heterocycles. The van der Waals surface area contributed by atoms with Crippen molar-refractivity contribution >= 4 is 17.5 Å². The van der Waals surface area contributed by atoms with Gasteiger partial charge in [-0.15, -0.1) is 0 Å². The molecule has 5 heteroatoms. The minimum atomic E-state index is -0.0540. The Morgan fingerprint density at radius 1 is 1.25 bits per heavy atom. The van der Waals surface area contributed by atoms with Crippen LogP contribution in [0.4, 0.5) is 0 Å². The number of aromatic nitrogens is 1. The first-order chi connectivity index (χ1) is 9.74. The monoisotopic (exact) mass is 288 g/mol. The van der Waals surface area contributed by atoms with Gasteiger partial charge >= 0.3 is 0 Å². The van der Waals surface area contributed by atoms with Crippen molar-refractivity contribution in [1.82, 2.24) is 9.88 Å². The summed E-state index contributed by atoms with van der Waals surface area (Å²) in [7, 11) is 0. The lowest BCUT2D eigenvalue weighted by molar-refractivity contribution is 0.0177. The Hall–Kier alpha value is -2.07. The Labute approximate surface area is 122 Å². The number of halogens is 1. The van der Waals surface area contributed by atoms with E-state index in [2.05, 4.69) is 4.98 Å². The Bertz CT molecular complexity index is 612. The summed E-state index contributed by atoms with van der Waals surface area (Å²) in [4.78, 5) is 17.9. The highest BCUT2D eigenvalue weighted by atomic mass is 35.5. The van der Waals surface area contributed by atoms with Crippen LogP contribution in [0.25, 0.3) is 0 Å². The van der Waals surface area contributed by atoms with Gasteiger partial charge in [0.25, 0.3) is 5.91 Å². The Kier molecular flexibility index (Phi) is 3.56. The maximum absolute atomic E-state index is 12.2. The van der Waals surface area contributed by atoms with Gasteiger partial charge in [0.2, 0.25) is 0 Å². The molecular formula is C15H13ClN2O2. The molecular weight excluding hydrogens is 276 g/mol. The van der Waals surface area contributed by atoms with E-state index in [0.29, 0.717) is 23.7 Å². The molecule has 3 rings (SSSR count). The zero-order valence-corrected chi connectivity index (χ0v) is 11.5. The van der Waals surface area contributed by atoms with Gasteiger partial charge in [-0.1, -0.05) is 23.7 Å². The smallest absolute Gasteiger partial charge is 0.255 e. The number of amides is 1. The molecule has 0 unspecified atom stereocenters. The van der Waals surface area contributed by atoms with Crippen molar-refractivity contribution in [1.29, 1.82) is 0 Å². The first-order valence-electron chi connectivity index (χ1n) is 6.34. The van der Waals surface area contributed by atoms with E-state index in [1.165, 1.54) is 0 Å². The van der Waals surface area contributed by atoms with Crippen LogP contribution in [-0.2, 0) is 0 Å². The van der Waals surface area contributed by atoms with Crippen LogP contribution < -0.4 is 4.74 Å². The largest absolute Gasteiger partial charge is 0.485 e. The molecule has 4 nitrogen and oxygen atoms in total. The highest BCUT2D eigenvalue weighted by Gasteiger charge is 2.33. The van der Waals surface area contributed by atoms with Crippen molar-refractivity contribution in [2.24, 2.45) is 0 Å². The second-order valence-corrected chi connectivity index (χ2v) is 5.03. The second kappa shape index (κ2) is 5.51. The maximum atomic E-state index is 12.2. The number of likely N-dealkylation sites (tertiary alicyclic amines) is 1. The molecule has 0 aliphatic carbocycles. The van der Waals surface area contributed by atoms with Crippen LogP contribution in [0.15, 0.2) is 48.8 Å². The molecule has 102 valence electrons. The van der Waals surface area contributed by atoms with Gasteiger partial charge < -0.3 is 9.64 Å². The van der Waals surface area contributed by atoms with Crippen LogP contribution in [0.2, 0.25) is 5.02 Å². The van der Waals surface area contributed by atoms with Crippen molar-refractivity contribution in [3.63, 3.8) is 0 Å². The molecule has 1 aromatic carbocycles. The number of carbonyl (C=O) groups excluding carboxylic acids is 1. The minimum absolute atomic E-state index is 0.0191. The lowest BCUT2D eigenvalue weighted by Gasteiger charge is -2.39. The van der Waals surface area contributed by atoms with Crippen molar-refractivity contribution < 1.29 is 9.53 Å². The summed E-state index contributed by atoms with van der Waals surface area (Å²) in [5, 5.41) is 0.481. The summed E-state index contributed by atoms with van der Waals surface area (Å²) >= 11 is 6.02. The van der Waals surface area contributed by atoms with Crippen LogP contribution in [0.5, 0.6) is 5.75 Å². The molecule has 0 N–H and O–H groups in total. The van der Waals surface area contributed by atoms with Gasteiger partial charge in [0, 0.05) is 6.20 Å². The second-order valence-electron chi connectivity index (χ2n) is 4.62. The quantitative estimate of drug-likeness (QED) is 0.872. The van der Waals surface area contributed by atoms with Gasteiger partial charge in [-0.2, -0.15) is 0 Å². The fourth-order valence-corrected chi connectivity index (χ4v) is 2.31. The van der Waals surface area contributed by atoms with Gasteiger partial charge in [0.1, 0.15) is 11.9 Å². The lowest BCUT2D eigenvalue weighted by Crippen LogP contribution is -2.56.